The van der Waals surface area contributed by atoms with E-state index in [1.807, 2.05) is 14.0 Å². The first kappa shape index (κ1) is 16.4. The smallest absolute Gasteiger partial charge is 0.237 e. The molecule has 102 valence electrons. The second kappa shape index (κ2) is 6.93. The van der Waals surface area contributed by atoms with Crippen LogP contribution >= 0.6 is 0 Å². The number of hydrogen-bond acceptors (Lipinski definition) is 4. The predicted molar refractivity (Wildman–Crippen MR) is 69.8 cm³/mol. The molecule has 0 radical (unpaired) electrons. The van der Waals surface area contributed by atoms with E-state index in [0.29, 0.717) is 19.1 Å². The fraction of sp³-hybridized carbons (Fsp3) is 0.917. The van der Waals surface area contributed by atoms with Crippen LogP contribution in [0.25, 0.3) is 0 Å². The molecule has 1 amide bonds. The van der Waals surface area contributed by atoms with Gasteiger partial charge in [0, 0.05) is 19.2 Å². The Bertz CT molecular complexity index is 248. The van der Waals surface area contributed by atoms with Gasteiger partial charge in [-0.05, 0) is 41.3 Å². The molecule has 0 aromatic carbocycles. The summed E-state index contributed by atoms with van der Waals surface area (Å²) in [6.07, 6.45) is 0.670. The Morgan fingerprint density at radius 3 is 2.35 bits per heavy atom. The lowest BCUT2D eigenvalue weighted by Gasteiger charge is -2.36. The number of hydrogen-bond donors (Lipinski definition) is 2. The maximum Gasteiger partial charge on any atom is 0.237 e. The molecule has 0 aromatic rings. The van der Waals surface area contributed by atoms with E-state index in [9.17, 15) is 4.79 Å². The quantitative estimate of drug-likeness (QED) is 0.641. The van der Waals surface area contributed by atoms with Crippen LogP contribution in [0.1, 0.15) is 27.2 Å². The SMILES string of the molecule is CNC(C)(CC(C)N(C)C(C)COC)C(N)=O. The lowest BCUT2D eigenvalue weighted by Crippen LogP contribution is -2.55. The molecule has 0 aliphatic carbocycles. The van der Waals surface area contributed by atoms with Gasteiger partial charge in [0.2, 0.25) is 5.91 Å². The van der Waals surface area contributed by atoms with Crippen LogP contribution in [0.4, 0.5) is 0 Å². The minimum atomic E-state index is -0.666. The van der Waals surface area contributed by atoms with Crippen LogP contribution in [0, 0.1) is 0 Å². The Hall–Kier alpha value is -0.650. The first-order valence-electron chi connectivity index (χ1n) is 5.98. The van der Waals surface area contributed by atoms with Crippen LogP contribution in [0.5, 0.6) is 0 Å². The summed E-state index contributed by atoms with van der Waals surface area (Å²) in [6.45, 7) is 6.69. The van der Waals surface area contributed by atoms with E-state index < -0.39 is 5.54 Å². The third kappa shape index (κ3) is 4.61. The van der Waals surface area contributed by atoms with E-state index in [0.717, 1.165) is 0 Å². The topological polar surface area (TPSA) is 67.6 Å². The zero-order chi connectivity index (χ0) is 13.6. The van der Waals surface area contributed by atoms with Crippen LogP contribution in [0.3, 0.4) is 0 Å². The van der Waals surface area contributed by atoms with Crippen LogP contribution in [0.15, 0.2) is 0 Å². The van der Waals surface area contributed by atoms with E-state index in [1.54, 1.807) is 14.2 Å². The van der Waals surface area contributed by atoms with Gasteiger partial charge < -0.3 is 15.8 Å². The summed E-state index contributed by atoms with van der Waals surface area (Å²) < 4.78 is 5.13. The van der Waals surface area contributed by atoms with Crippen molar-refractivity contribution >= 4 is 5.91 Å². The average Bonchev–Trinajstić information content (AvgIpc) is 2.27. The molecule has 3 N–H and O–H groups in total. The van der Waals surface area contributed by atoms with Gasteiger partial charge in [-0.25, -0.2) is 0 Å². The number of ether oxygens (including phenoxy) is 1. The molecule has 0 spiro atoms. The number of likely N-dealkylation sites (N-methyl/N-ethyl adjacent to an activating group) is 2. The lowest BCUT2D eigenvalue weighted by molar-refractivity contribution is -0.124. The summed E-state index contributed by atoms with van der Waals surface area (Å²) in [6, 6.07) is 0.550. The van der Waals surface area contributed by atoms with Gasteiger partial charge in [-0.1, -0.05) is 0 Å². The van der Waals surface area contributed by atoms with E-state index >= 15 is 0 Å². The number of rotatable bonds is 8. The number of nitrogens with zero attached hydrogens (tertiary/aromatic N) is 1. The van der Waals surface area contributed by atoms with Crippen LogP contribution < -0.4 is 11.1 Å². The summed E-state index contributed by atoms with van der Waals surface area (Å²) in [5.41, 5.74) is 4.75. The van der Waals surface area contributed by atoms with Crippen molar-refractivity contribution in [3.8, 4) is 0 Å². The number of primary amides is 1. The number of carbonyl (C=O) groups excluding carboxylic acids is 1. The Balaban J connectivity index is 4.51. The number of nitrogens with two attached hydrogens (primary N) is 1. The highest BCUT2D eigenvalue weighted by molar-refractivity contribution is 5.84. The van der Waals surface area contributed by atoms with E-state index in [-0.39, 0.29) is 11.9 Å². The monoisotopic (exact) mass is 245 g/mol. The molecule has 0 bridgehead atoms. The van der Waals surface area contributed by atoms with Gasteiger partial charge in [-0.3, -0.25) is 9.69 Å². The first-order chi connectivity index (χ1) is 7.78. The van der Waals surface area contributed by atoms with E-state index in [4.69, 9.17) is 10.5 Å². The number of carbonyl (C=O) groups is 1. The Kier molecular flexibility index (Phi) is 6.67. The molecule has 3 atom stereocenters. The van der Waals surface area contributed by atoms with Gasteiger partial charge in [-0.2, -0.15) is 0 Å². The number of methoxy groups -OCH3 is 1. The molecule has 17 heavy (non-hydrogen) atoms. The molecular formula is C12H27N3O2. The fourth-order valence-corrected chi connectivity index (χ4v) is 1.85. The summed E-state index contributed by atoms with van der Waals surface area (Å²) in [5.74, 6) is -0.320. The maximum absolute atomic E-state index is 11.4. The number of amides is 1. The number of nitrogens with one attached hydrogen (secondary N) is 1. The van der Waals surface area contributed by atoms with Crippen molar-refractivity contribution < 1.29 is 9.53 Å². The molecular weight excluding hydrogens is 218 g/mol. The Morgan fingerprint density at radius 1 is 1.47 bits per heavy atom. The van der Waals surface area contributed by atoms with Gasteiger partial charge in [0.1, 0.15) is 0 Å². The minimum absolute atomic E-state index is 0.241. The van der Waals surface area contributed by atoms with Crippen molar-refractivity contribution in [2.24, 2.45) is 5.73 Å². The summed E-state index contributed by atoms with van der Waals surface area (Å²) in [5, 5.41) is 3.00. The van der Waals surface area contributed by atoms with Crippen LogP contribution in [-0.4, -0.2) is 56.2 Å². The van der Waals surface area contributed by atoms with Crippen molar-refractivity contribution in [3.05, 3.63) is 0 Å². The van der Waals surface area contributed by atoms with Crippen molar-refractivity contribution in [3.63, 3.8) is 0 Å². The second-order valence-electron chi connectivity index (χ2n) is 4.97. The average molecular weight is 245 g/mol. The summed E-state index contributed by atoms with van der Waals surface area (Å²) in [4.78, 5) is 13.6. The largest absolute Gasteiger partial charge is 0.383 e. The van der Waals surface area contributed by atoms with Gasteiger partial charge in [0.15, 0.2) is 0 Å². The molecule has 5 nitrogen and oxygen atoms in total. The highest BCUT2D eigenvalue weighted by atomic mass is 16.5. The van der Waals surface area contributed by atoms with Gasteiger partial charge >= 0.3 is 0 Å². The zero-order valence-corrected chi connectivity index (χ0v) is 11.9. The zero-order valence-electron chi connectivity index (χ0n) is 11.9. The van der Waals surface area contributed by atoms with E-state index in [1.165, 1.54) is 0 Å². The van der Waals surface area contributed by atoms with Gasteiger partial charge in [0.25, 0.3) is 0 Å². The molecule has 0 saturated carbocycles. The Labute approximate surface area is 105 Å². The minimum Gasteiger partial charge on any atom is -0.383 e. The van der Waals surface area contributed by atoms with Crippen molar-refractivity contribution in [2.45, 2.75) is 44.8 Å². The molecule has 0 aliphatic rings. The van der Waals surface area contributed by atoms with Crippen LogP contribution in [0.2, 0.25) is 0 Å². The summed E-state index contributed by atoms with van der Waals surface area (Å²) >= 11 is 0. The molecule has 0 heterocycles. The maximum atomic E-state index is 11.4. The fourth-order valence-electron chi connectivity index (χ4n) is 1.85. The first-order valence-corrected chi connectivity index (χ1v) is 5.98. The molecule has 3 unspecified atom stereocenters. The molecule has 0 aliphatic heterocycles. The predicted octanol–water partition coefficient (Wildman–Crippen LogP) is 0.195. The lowest BCUT2D eigenvalue weighted by atomic mass is 9.92. The second-order valence-corrected chi connectivity index (χ2v) is 4.97. The van der Waals surface area contributed by atoms with Gasteiger partial charge in [-0.15, -0.1) is 0 Å². The molecule has 5 heteroatoms. The molecule has 0 aromatic heterocycles. The molecule has 0 saturated heterocycles. The third-order valence-electron chi connectivity index (χ3n) is 3.60. The highest BCUT2D eigenvalue weighted by Gasteiger charge is 2.32. The van der Waals surface area contributed by atoms with E-state index in [2.05, 4.69) is 24.1 Å². The normalized spacial score (nSPS) is 18.8. The van der Waals surface area contributed by atoms with Gasteiger partial charge in [0.05, 0.1) is 12.1 Å². The van der Waals surface area contributed by atoms with Crippen molar-refractivity contribution in [1.82, 2.24) is 10.2 Å². The standard InChI is InChI=1S/C12H27N3O2/c1-9(15(5)10(2)8-17-6)7-12(3,14-4)11(13)16/h9-10,14H,7-8H2,1-6H3,(H2,13,16). The van der Waals surface area contributed by atoms with Crippen LogP contribution in [-0.2, 0) is 9.53 Å². The van der Waals surface area contributed by atoms with Crippen molar-refractivity contribution in [1.29, 1.82) is 0 Å². The molecule has 0 fully saturated rings. The van der Waals surface area contributed by atoms with Crippen molar-refractivity contribution in [2.75, 3.05) is 27.8 Å². The third-order valence-corrected chi connectivity index (χ3v) is 3.60. The summed E-state index contributed by atoms with van der Waals surface area (Å²) in [7, 11) is 5.48. The molecule has 0 rings (SSSR count). The highest BCUT2D eigenvalue weighted by Crippen LogP contribution is 2.16. The Morgan fingerprint density at radius 2 is 2.00 bits per heavy atom.